The zero-order chi connectivity index (χ0) is 17.1. The maximum absolute atomic E-state index is 12.1. The molecule has 0 bridgehead atoms. The first-order valence-corrected chi connectivity index (χ1v) is 7.70. The largest absolute Gasteiger partial charge is 0.364 e. The lowest BCUT2D eigenvalue weighted by molar-refractivity contribution is -0.121. The molecule has 0 spiro atoms. The van der Waals surface area contributed by atoms with Gasteiger partial charge in [0.05, 0.1) is 5.69 Å². The Hall–Kier alpha value is -3.09. The van der Waals surface area contributed by atoms with Gasteiger partial charge < -0.3 is 21.4 Å². The van der Waals surface area contributed by atoms with E-state index in [1.807, 2.05) is 24.3 Å². The van der Waals surface area contributed by atoms with Gasteiger partial charge in [-0.05, 0) is 30.5 Å². The number of aromatic amines is 1. The maximum atomic E-state index is 12.1. The molecule has 1 aliphatic heterocycles. The molecule has 0 radical (unpaired) electrons. The van der Waals surface area contributed by atoms with Crippen LogP contribution in [-0.2, 0) is 16.0 Å². The number of aromatic nitrogens is 1. The molecule has 0 aliphatic carbocycles. The van der Waals surface area contributed by atoms with Crippen LogP contribution in [0.25, 0.3) is 0 Å². The summed E-state index contributed by atoms with van der Waals surface area (Å²) in [7, 11) is 0. The second kappa shape index (κ2) is 6.57. The van der Waals surface area contributed by atoms with Crippen LogP contribution in [0.1, 0.15) is 28.9 Å². The molecule has 7 heteroatoms. The average molecular weight is 326 g/mol. The van der Waals surface area contributed by atoms with E-state index in [0.717, 1.165) is 11.3 Å². The highest BCUT2D eigenvalue weighted by molar-refractivity contribution is 5.97. The first-order chi connectivity index (χ1) is 11.5. The number of hydrogen-bond donors (Lipinski definition) is 4. The van der Waals surface area contributed by atoms with Crippen molar-refractivity contribution in [1.82, 2.24) is 4.98 Å². The lowest BCUT2D eigenvalue weighted by Crippen LogP contribution is -2.30. The Morgan fingerprint density at radius 1 is 1.29 bits per heavy atom. The fourth-order valence-electron chi connectivity index (χ4n) is 2.78. The van der Waals surface area contributed by atoms with Gasteiger partial charge in [0.2, 0.25) is 11.8 Å². The highest BCUT2D eigenvalue weighted by atomic mass is 16.2. The summed E-state index contributed by atoms with van der Waals surface area (Å²) in [6, 6.07) is 9.14. The Morgan fingerprint density at radius 3 is 2.83 bits per heavy atom. The molecule has 2 aromatic rings. The van der Waals surface area contributed by atoms with Crippen LogP contribution >= 0.6 is 0 Å². The normalized spacial score (nSPS) is 16.2. The van der Waals surface area contributed by atoms with Gasteiger partial charge in [-0.1, -0.05) is 18.2 Å². The number of nitrogens with one attached hydrogen (secondary N) is 3. The van der Waals surface area contributed by atoms with Gasteiger partial charge in [-0.25, -0.2) is 0 Å². The molecule has 1 atom stereocenters. The van der Waals surface area contributed by atoms with E-state index in [2.05, 4.69) is 15.6 Å². The highest BCUT2D eigenvalue weighted by Gasteiger charge is 2.26. The van der Waals surface area contributed by atoms with Crippen LogP contribution < -0.4 is 16.4 Å². The molecule has 3 amide bonds. The quantitative estimate of drug-likeness (QED) is 0.669. The number of rotatable bonds is 5. The predicted octanol–water partition coefficient (Wildman–Crippen LogP) is 1.64. The standard InChI is InChI=1S/C17H18N4O3/c18-16(23)14-8-12(9-19-14)20-15(22)6-5-11-7-10-3-1-2-4-13(10)21-17(11)24/h1-4,8-9,11,19H,5-7H2,(H2,18,23)(H,20,22)(H,21,24)/t11-/m0/s1. The molecule has 0 saturated carbocycles. The molecular formula is C17H18N4O3. The average Bonchev–Trinajstić information content (AvgIpc) is 3.01. The number of benzene rings is 1. The van der Waals surface area contributed by atoms with Gasteiger partial charge in [-0.2, -0.15) is 0 Å². The fourth-order valence-corrected chi connectivity index (χ4v) is 2.78. The maximum Gasteiger partial charge on any atom is 0.265 e. The van der Waals surface area contributed by atoms with Gasteiger partial charge in [-0.3, -0.25) is 14.4 Å². The lowest BCUT2D eigenvalue weighted by Gasteiger charge is -2.24. The summed E-state index contributed by atoms with van der Waals surface area (Å²) >= 11 is 0. The van der Waals surface area contributed by atoms with Crippen LogP contribution in [0.15, 0.2) is 36.5 Å². The second-order valence-electron chi connectivity index (χ2n) is 5.80. The van der Waals surface area contributed by atoms with E-state index in [1.165, 1.54) is 12.3 Å². The summed E-state index contributed by atoms with van der Waals surface area (Å²) < 4.78 is 0. The topological polar surface area (TPSA) is 117 Å². The van der Waals surface area contributed by atoms with Gasteiger partial charge >= 0.3 is 0 Å². The Morgan fingerprint density at radius 2 is 2.08 bits per heavy atom. The molecule has 0 saturated heterocycles. The van der Waals surface area contributed by atoms with E-state index in [1.54, 1.807) is 0 Å². The highest BCUT2D eigenvalue weighted by Crippen LogP contribution is 2.27. The minimum atomic E-state index is -0.590. The molecule has 124 valence electrons. The third kappa shape index (κ3) is 3.45. The second-order valence-corrected chi connectivity index (χ2v) is 5.80. The number of para-hydroxylation sites is 1. The first kappa shape index (κ1) is 15.8. The van der Waals surface area contributed by atoms with Crippen LogP contribution in [0.2, 0.25) is 0 Å². The number of carbonyl (C=O) groups excluding carboxylic acids is 3. The first-order valence-electron chi connectivity index (χ1n) is 7.70. The molecule has 3 rings (SSSR count). The zero-order valence-corrected chi connectivity index (χ0v) is 13.0. The van der Waals surface area contributed by atoms with Crippen LogP contribution in [0.4, 0.5) is 11.4 Å². The van der Waals surface area contributed by atoms with Crippen LogP contribution in [0, 0.1) is 5.92 Å². The van der Waals surface area contributed by atoms with Gasteiger partial charge in [0, 0.05) is 24.2 Å². The number of primary amides is 1. The minimum absolute atomic E-state index is 0.0563. The van der Waals surface area contributed by atoms with E-state index >= 15 is 0 Å². The van der Waals surface area contributed by atoms with E-state index in [0.29, 0.717) is 18.5 Å². The number of nitrogens with two attached hydrogens (primary N) is 1. The summed E-state index contributed by atoms with van der Waals surface area (Å²) in [4.78, 5) is 37.8. The Bertz CT molecular complexity index is 797. The minimum Gasteiger partial charge on any atom is -0.364 e. The van der Waals surface area contributed by atoms with Crippen molar-refractivity contribution >= 4 is 29.1 Å². The van der Waals surface area contributed by atoms with Crippen molar-refractivity contribution in [3.8, 4) is 0 Å². The summed E-state index contributed by atoms with van der Waals surface area (Å²) in [5.41, 5.74) is 7.77. The molecule has 24 heavy (non-hydrogen) atoms. The van der Waals surface area contributed by atoms with Gasteiger partial charge in [0.25, 0.3) is 5.91 Å². The molecule has 0 fully saturated rings. The van der Waals surface area contributed by atoms with Crippen LogP contribution in [0.5, 0.6) is 0 Å². The number of hydrogen-bond acceptors (Lipinski definition) is 3. The molecule has 1 aliphatic rings. The van der Waals surface area contributed by atoms with Gasteiger partial charge in [-0.15, -0.1) is 0 Å². The van der Waals surface area contributed by atoms with Crippen molar-refractivity contribution in [2.45, 2.75) is 19.3 Å². The third-order valence-electron chi connectivity index (χ3n) is 4.06. The molecule has 5 N–H and O–H groups in total. The summed E-state index contributed by atoms with van der Waals surface area (Å²) in [6.07, 6.45) is 2.81. The van der Waals surface area contributed by atoms with E-state index in [9.17, 15) is 14.4 Å². The van der Waals surface area contributed by atoms with Gasteiger partial charge in [0.15, 0.2) is 0 Å². The zero-order valence-electron chi connectivity index (χ0n) is 13.0. The van der Waals surface area contributed by atoms with Crippen molar-refractivity contribution in [2.75, 3.05) is 10.6 Å². The summed E-state index contributed by atoms with van der Waals surface area (Å²) in [5.74, 6) is -1.08. The monoisotopic (exact) mass is 326 g/mol. The number of carbonyl (C=O) groups is 3. The van der Waals surface area contributed by atoms with Crippen molar-refractivity contribution in [3.05, 3.63) is 47.8 Å². The Kier molecular flexibility index (Phi) is 4.33. The molecule has 1 aromatic carbocycles. The number of H-pyrrole nitrogens is 1. The lowest BCUT2D eigenvalue weighted by atomic mass is 9.89. The van der Waals surface area contributed by atoms with Crippen molar-refractivity contribution in [2.24, 2.45) is 11.7 Å². The van der Waals surface area contributed by atoms with Crippen molar-refractivity contribution in [3.63, 3.8) is 0 Å². The van der Waals surface area contributed by atoms with Gasteiger partial charge in [0.1, 0.15) is 5.69 Å². The predicted molar refractivity (Wildman–Crippen MR) is 89.4 cm³/mol. The third-order valence-corrected chi connectivity index (χ3v) is 4.06. The molecule has 1 aromatic heterocycles. The summed E-state index contributed by atoms with van der Waals surface area (Å²) in [6.45, 7) is 0. The van der Waals surface area contributed by atoms with E-state index in [-0.39, 0.29) is 29.8 Å². The van der Waals surface area contributed by atoms with Crippen molar-refractivity contribution in [1.29, 1.82) is 0 Å². The molecule has 0 unspecified atom stereocenters. The Labute approximate surface area is 138 Å². The number of anilines is 2. The van der Waals surface area contributed by atoms with E-state index < -0.39 is 5.91 Å². The SMILES string of the molecule is NC(=O)c1cc(NC(=O)CC[C@H]2Cc3ccccc3NC2=O)c[nH]1. The van der Waals surface area contributed by atoms with Crippen LogP contribution in [0.3, 0.4) is 0 Å². The molecule has 2 heterocycles. The molecular weight excluding hydrogens is 308 g/mol. The molecule has 7 nitrogen and oxygen atoms in total. The fraction of sp³-hybridized carbons (Fsp3) is 0.235. The van der Waals surface area contributed by atoms with E-state index in [4.69, 9.17) is 5.73 Å². The number of fused-ring (bicyclic) bond motifs is 1. The summed E-state index contributed by atoms with van der Waals surface area (Å²) in [5, 5.41) is 5.55. The van der Waals surface area contributed by atoms with Crippen molar-refractivity contribution < 1.29 is 14.4 Å². The smallest absolute Gasteiger partial charge is 0.265 e. The van der Waals surface area contributed by atoms with Crippen LogP contribution in [-0.4, -0.2) is 22.7 Å². The Balaban J connectivity index is 1.54. The number of amides is 3.